The minimum absolute atomic E-state index is 0.0372. The van der Waals surface area contributed by atoms with E-state index in [0.717, 1.165) is 6.92 Å². The van der Waals surface area contributed by atoms with Gasteiger partial charge in [-0.1, -0.05) is 12.1 Å². The van der Waals surface area contributed by atoms with Crippen molar-refractivity contribution >= 4 is 29.4 Å². The summed E-state index contributed by atoms with van der Waals surface area (Å²) in [6.07, 6.45) is -0.777. The Morgan fingerprint density at radius 1 is 1.12 bits per heavy atom. The number of benzene rings is 1. The number of carboxylic acid groups (broad SMARTS) is 1. The molecule has 1 aromatic rings. The Bertz CT molecular complexity index is 661. The maximum atomic E-state index is 11.7. The number of hydrogen-bond donors (Lipinski definition) is 3. The molecule has 0 unspecified atom stereocenters. The Morgan fingerprint density at radius 2 is 1.68 bits per heavy atom. The fourth-order valence-corrected chi connectivity index (χ4v) is 1.83. The number of aliphatic carboxylic acids is 1. The van der Waals surface area contributed by atoms with Gasteiger partial charge in [0.2, 0.25) is 5.78 Å². The first kappa shape index (κ1) is 20.1. The monoisotopic (exact) mass is 350 g/mol. The molecule has 0 aromatic heterocycles. The molecule has 8 heteroatoms. The maximum absolute atomic E-state index is 11.7. The molecular weight excluding hydrogens is 328 g/mol. The number of carbonyl (C=O) groups excluding carboxylic acids is 3. The molecule has 0 saturated carbocycles. The third kappa shape index (κ3) is 7.47. The van der Waals surface area contributed by atoms with E-state index in [-0.39, 0.29) is 6.42 Å². The fraction of sp³-hybridized carbons (Fsp3) is 0.412. The molecule has 0 spiro atoms. The molecule has 25 heavy (non-hydrogen) atoms. The largest absolute Gasteiger partial charge is 0.480 e. The van der Waals surface area contributed by atoms with Crippen LogP contribution >= 0.6 is 0 Å². The zero-order valence-corrected chi connectivity index (χ0v) is 14.6. The fourth-order valence-electron chi connectivity index (χ4n) is 1.83. The molecule has 0 aliphatic rings. The average molecular weight is 350 g/mol. The summed E-state index contributed by atoms with van der Waals surface area (Å²) >= 11 is 0. The van der Waals surface area contributed by atoms with Gasteiger partial charge in [0.15, 0.2) is 0 Å². The normalized spacial score (nSPS) is 12.0. The summed E-state index contributed by atoms with van der Waals surface area (Å²) < 4.78 is 5.05. The lowest BCUT2D eigenvalue weighted by molar-refractivity contribution is -0.139. The van der Waals surface area contributed by atoms with Crippen LogP contribution in [0.5, 0.6) is 0 Å². The molecule has 0 radical (unpaired) electrons. The SMILES string of the molecule is CC(=O)C(=O)Nc1ccc(C[C@H](NC(=O)OC(C)(C)C)C(=O)O)cc1. The van der Waals surface area contributed by atoms with E-state index in [4.69, 9.17) is 4.74 Å². The van der Waals surface area contributed by atoms with Gasteiger partial charge < -0.3 is 20.5 Å². The summed E-state index contributed by atoms with van der Waals surface area (Å²) in [6.45, 7) is 6.19. The number of carboxylic acids is 1. The van der Waals surface area contributed by atoms with Crippen LogP contribution < -0.4 is 10.6 Å². The van der Waals surface area contributed by atoms with Crippen LogP contribution in [0.25, 0.3) is 0 Å². The van der Waals surface area contributed by atoms with Crippen molar-refractivity contribution < 1.29 is 29.0 Å². The Balaban J connectivity index is 2.72. The van der Waals surface area contributed by atoms with Crippen LogP contribution in [0.1, 0.15) is 33.3 Å². The zero-order valence-electron chi connectivity index (χ0n) is 14.6. The number of ketones is 1. The average Bonchev–Trinajstić information content (AvgIpc) is 2.46. The zero-order chi connectivity index (χ0) is 19.2. The third-order valence-electron chi connectivity index (χ3n) is 2.96. The third-order valence-corrected chi connectivity index (χ3v) is 2.96. The van der Waals surface area contributed by atoms with E-state index in [1.54, 1.807) is 45.0 Å². The molecule has 136 valence electrons. The standard InChI is InChI=1S/C17H22N2O6/c1-10(20)14(21)18-12-7-5-11(6-8-12)9-13(15(22)23)19-16(24)25-17(2,3)4/h5-8,13H,9H2,1-4H3,(H,18,21)(H,19,24)(H,22,23)/t13-/m0/s1. The predicted molar refractivity (Wildman–Crippen MR) is 90.3 cm³/mol. The highest BCUT2D eigenvalue weighted by Crippen LogP contribution is 2.12. The van der Waals surface area contributed by atoms with Crippen molar-refractivity contribution in [2.24, 2.45) is 0 Å². The Morgan fingerprint density at radius 3 is 2.12 bits per heavy atom. The van der Waals surface area contributed by atoms with E-state index < -0.39 is 35.4 Å². The lowest BCUT2D eigenvalue weighted by atomic mass is 10.1. The Labute approximate surface area is 145 Å². The quantitative estimate of drug-likeness (QED) is 0.672. The van der Waals surface area contributed by atoms with Gasteiger partial charge >= 0.3 is 12.1 Å². The molecule has 1 rings (SSSR count). The number of amides is 2. The smallest absolute Gasteiger partial charge is 0.408 e. The van der Waals surface area contributed by atoms with Crippen molar-refractivity contribution in [3.05, 3.63) is 29.8 Å². The van der Waals surface area contributed by atoms with Gasteiger partial charge in [0, 0.05) is 19.0 Å². The van der Waals surface area contributed by atoms with Gasteiger partial charge in [0.05, 0.1) is 0 Å². The molecule has 0 heterocycles. The van der Waals surface area contributed by atoms with Crippen molar-refractivity contribution in [3.8, 4) is 0 Å². The molecule has 2 amide bonds. The van der Waals surface area contributed by atoms with Gasteiger partial charge in [-0.05, 0) is 38.5 Å². The van der Waals surface area contributed by atoms with E-state index in [9.17, 15) is 24.3 Å². The number of ether oxygens (including phenoxy) is 1. The summed E-state index contributed by atoms with van der Waals surface area (Å²) in [5, 5.41) is 14.0. The molecular formula is C17H22N2O6. The van der Waals surface area contributed by atoms with Crippen LogP contribution in [0.15, 0.2) is 24.3 Å². The Kier molecular flexibility index (Phi) is 6.67. The number of carbonyl (C=O) groups is 4. The Hall–Kier alpha value is -2.90. The van der Waals surface area contributed by atoms with Crippen LogP contribution in [0.3, 0.4) is 0 Å². The second kappa shape index (κ2) is 8.27. The van der Waals surface area contributed by atoms with Gasteiger partial charge in [-0.25, -0.2) is 9.59 Å². The number of anilines is 1. The van der Waals surface area contributed by atoms with E-state index >= 15 is 0 Å². The molecule has 3 N–H and O–H groups in total. The van der Waals surface area contributed by atoms with Gasteiger partial charge in [-0.3, -0.25) is 9.59 Å². The molecule has 0 aliphatic heterocycles. The lowest BCUT2D eigenvalue weighted by Gasteiger charge is -2.22. The highest BCUT2D eigenvalue weighted by atomic mass is 16.6. The number of rotatable bonds is 6. The van der Waals surface area contributed by atoms with E-state index in [1.165, 1.54) is 0 Å². The summed E-state index contributed by atoms with van der Waals surface area (Å²) in [5.74, 6) is -2.54. The van der Waals surface area contributed by atoms with E-state index in [0.29, 0.717) is 11.3 Å². The van der Waals surface area contributed by atoms with Crippen molar-refractivity contribution in [2.75, 3.05) is 5.32 Å². The highest BCUT2D eigenvalue weighted by Gasteiger charge is 2.24. The number of Topliss-reactive ketones (excluding diaryl/α,β-unsaturated/α-hetero) is 1. The second-order valence-electron chi connectivity index (χ2n) is 6.45. The minimum atomic E-state index is -1.19. The molecule has 1 aromatic carbocycles. The van der Waals surface area contributed by atoms with Crippen LogP contribution in [0, 0.1) is 0 Å². The number of alkyl carbamates (subject to hydrolysis) is 1. The van der Waals surface area contributed by atoms with Crippen LogP contribution in [0.4, 0.5) is 10.5 Å². The summed E-state index contributed by atoms with van der Waals surface area (Å²) in [7, 11) is 0. The van der Waals surface area contributed by atoms with Crippen molar-refractivity contribution in [3.63, 3.8) is 0 Å². The summed E-state index contributed by atoms with van der Waals surface area (Å²) in [4.78, 5) is 45.3. The van der Waals surface area contributed by atoms with Gasteiger partial charge in [-0.2, -0.15) is 0 Å². The maximum Gasteiger partial charge on any atom is 0.408 e. The molecule has 0 saturated heterocycles. The molecule has 1 atom stereocenters. The van der Waals surface area contributed by atoms with Gasteiger partial charge in [-0.15, -0.1) is 0 Å². The first-order valence-corrected chi connectivity index (χ1v) is 7.61. The lowest BCUT2D eigenvalue weighted by Crippen LogP contribution is -2.44. The first-order valence-electron chi connectivity index (χ1n) is 7.61. The van der Waals surface area contributed by atoms with Crippen molar-refractivity contribution in [1.29, 1.82) is 0 Å². The highest BCUT2D eigenvalue weighted by molar-refractivity contribution is 6.39. The van der Waals surface area contributed by atoms with Crippen LogP contribution in [-0.2, 0) is 25.5 Å². The molecule has 0 aliphatic carbocycles. The van der Waals surface area contributed by atoms with Gasteiger partial charge in [0.1, 0.15) is 11.6 Å². The summed E-state index contributed by atoms with van der Waals surface area (Å²) in [5.41, 5.74) is 0.309. The summed E-state index contributed by atoms with van der Waals surface area (Å²) in [6, 6.07) is 5.13. The van der Waals surface area contributed by atoms with Crippen molar-refractivity contribution in [2.45, 2.75) is 45.8 Å². The van der Waals surface area contributed by atoms with Crippen LogP contribution in [0.2, 0.25) is 0 Å². The first-order chi connectivity index (χ1) is 11.5. The van der Waals surface area contributed by atoms with Gasteiger partial charge in [0.25, 0.3) is 5.91 Å². The molecule has 0 fully saturated rings. The van der Waals surface area contributed by atoms with Crippen molar-refractivity contribution in [1.82, 2.24) is 5.32 Å². The molecule has 0 bridgehead atoms. The second-order valence-corrected chi connectivity index (χ2v) is 6.45. The van der Waals surface area contributed by atoms with E-state index in [2.05, 4.69) is 10.6 Å². The number of nitrogens with one attached hydrogen (secondary N) is 2. The van der Waals surface area contributed by atoms with Crippen LogP contribution in [-0.4, -0.2) is 40.5 Å². The molecule has 8 nitrogen and oxygen atoms in total. The minimum Gasteiger partial charge on any atom is -0.480 e. The predicted octanol–water partition coefficient (Wildman–Crippen LogP) is 1.73. The number of hydrogen-bond acceptors (Lipinski definition) is 5. The topological polar surface area (TPSA) is 122 Å². The van der Waals surface area contributed by atoms with E-state index in [1.807, 2.05) is 0 Å².